The molecule has 0 N–H and O–H groups in total. The number of ether oxygens (including phenoxy) is 2. The Labute approximate surface area is 113 Å². The second kappa shape index (κ2) is 6.48. The summed E-state index contributed by atoms with van der Waals surface area (Å²) < 4.78 is 10.2. The molecule has 4 nitrogen and oxygen atoms in total. The molecule has 4 heteroatoms. The molecule has 1 atom stereocenters. The smallest absolute Gasteiger partial charge is 0.319 e. The average Bonchev–Trinajstić information content (AvgIpc) is 2.41. The van der Waals surface area contributed by atoms with E-state index in [-0.39, 0.29) is 12.4 Å². The summed E-state index contributed by atoms with van der Waals surface area (Å²) in [6.07, 6.45) is -0.763. The van der Waals surface area contributed by atoms with Crippen molar-refractivity contribution in [2.45, 2.75) is 26.9 Å². The normalized spacial score (nSPS) is 12.8. The molecular formula is C15H20O4. The summed E-state index contributed by atoms with van der Waals surface area (Å²) in [5, 5.41) is 0. The summed E-state index contributed by atoms with van der Waals surface area (Å²) in [5.41, 5.74) is -0.501. The molecule has 0 radical (unpaired) electrons. The van der Waals surface area contributed by atoms with Crippen LogP contribution >= 0.6 is 0 Å². The molecule has 1 rings (SSSR count). The third-order valence-electron chi connectivity index (χ3n) is 2.98. The molecule has 0 amide bonds. The molecule has 0 aliphatic heterocycles. The van der Waals surface area contributed by atoms with Gasteiger partial charge in [-0.25, -0.2) is 0 Å². The molecule has 0 saturated heterocycles. The first kappa shape index (κ1) is 15.4. The van der Waals surface area contributed by atoms with E-state index in [4.69, 9.17) is 9.47 Å². The van der Waals surface area contributed by atoms with Gasteiger partial charge in [-0.15, -0.1) is 0 Å². The Morgan fingerprint density at radius 1 is 1.21 bits per heavy atom. The highest BCUT2D eigenvalue weighted by Crippen LogP contribution is 2.29. The van der Waals surface area contributed by atoms with Gasteiger partial charge < -0.3 is 9.47 Å². The Bertz CT molecular complexity index is 437. The van der Waals surface area contributed by atoms with E-state index >= 15 is 0 Å². The molecule has 104 valence electrons. The highest BCUT2D eigenvalue weighted by Gasteiger charge is 2.42. The maximum absolute atomic E-state index is 12.5. The average molecular weight is 264 g/mol. The van der Waals surface area contributed by atoms with Gasteiger partial charge in [0.15, 0.2) is 5.78 Å². The minimum absolute atomic E-state index is 0.249. The summed E-state index contributed by atoms with van der Waals surface area (Å²) >= 11 is 0. The van der Waals surface area contributed by atoms with E-state index in [1.807, 2.05) is 18.2 Å². The van der Waals surface area contributed by atoms with Gasteiger partial charge in [-0.05, 0) is 26.3 Å². The first-order valence-corrected chi connectivity index (χ1v) is 6.24. The predicted octanol–water partition coefficient (Wildman–Crippen LogP) is 2.53. The molecule has 0 bridgehead atoms. The van der Waals surface area contributed by atoms with Gasteiger partial charge in [0.2, 0.25) is 0 Å². The fraction of sp³-hybridized carbons (Fsp3) is 0.467. The Balaban J connectivity index is 2.99. The number of methoxy groups -OCH3 is 1. The highest BCUT2D eigenvalue weighted by molar-refractivity contribution is 6.05. The van der Waals surface area contributed by atoms with Crippen LogP contribution in [0.25, 0.3) is 0 Å². The predicted molar refractivity (Wildman–Crippen MR) is 71.6 cm³/mol. The third-order valence-corrected chi connectivity index (χ3v) is 2.98. The molecule has 0 spiro atoms. The summed E-state index contributed by atoms with van der Waals surface area (Å²) in [6.45, 7) is 5.08. The Kier molecular flexibility index (Phi) is 5.24. The minimum atomic E-state index is -1.23. The number of hydrogen-bond donors (Lipinski definition) is 0. The summed E-state index contributed by atoms with van der Waals surface area (Å²) in [4.78, 5) is 24.3. The maximum Gasteiger partial charge on any atom is 0.319 e. The van der Waals surface area contributed by atoms with Gasteiger partial charge in [0.05, 0.1) is 6.61 Å². The summed E-state index contributed by atoms with van der Waals surface area (Å²) in [5.74, 6) is -0.836. The first-order valence-electron chi connectivity index (χ1n) is 6.24. The Hall–Kier alpha value is -1.68. The lowest BCUT2D eigenvalue weighted by atomic mass is 9.83. The van der Waals surface area contributed by atoms with E-state index in [1.165, 1.54) is 7.11 Å². The quantitative estimate of drug-likeness (QED) is 0.585. The number of benzene rings is 1. The van der Waals surface area contributed by atoms with Gasteiger partial charge in [-0.2, -0.15) is 0 Å². The Morgan fingerprint density at radius 2 is 1.79 bits per heavy atom. The summed E-state index contributed by atoms with van der Waals surface area (Å²) in [6, 6.07) is 9.11. The Morgan fingerprint density at radius 3 is 2.26 bits per heavy atom. The van der Waals surface area contributed by atoms with Crippen molar-refractivity contribution >= 4 is 11.8 Å². The van der Waals surface area contributed by atoms with Crippen LogP contribution in [0.2, 0.25) is 0 Å². The number of carbonyl (C=O) groups excluding carboxylic acids is 2. The summed E-state index contributed by atoms with van der Waals surface area (Å²) in [7, 11) is 1.46. The third kappa shape index (κ3) is 3.41. The lowest BCUT2D eigenvalue weighted by Gasteiger charge is -2.25. The van der Waals surface area contributed by atoms with E-state index in [0.29, 0.717) is 0 Å². The van der Waals surface area contributed by atoms with Gasteiger partial charge in [0.1, 0.15) is 11.5 Å². The van der Waals surface area contributed by atoms with Crippen molar-refractivity contribution in [1.29, 1.82) is 0 Å². The van der Waals surface area contributed by atoms with E-state index in [0.717, 1.165) is 5.56 Å². The first-order chi connectivity index (χ1) is 8.95. The maximum atomic E-state index is 12.5. The number of hydrogen-bond acceptors (Lipinski definition) is 4. The molecule has 0 heterocycles. The van der Waals surface area contributed by atoms with Gasteiger partial charge in [-0.3, -0.25) is 9.59 Å². The number of rotatable bonds is 6. The fourth-order valence-corrected chi connectivity index (χ4v) is 1.76. The van der Waals surface area contributed by atoms with Crippen molar-refractivity contribution in [3.05, 3.63) is 35.9 Å². The zero-order valence-electron chi connectivity index (χ0n) is 11.8. The fourth-order valence-electron chi connectivity index (χ4n) is 1.76. The standard InChI is InChI=1S/C15H20O4/c1-5-19-14(17)15(2,3)13(16)12(18-4)11-9-7-6-8-10-11/h6-10,12H,5H2,1-4H3. The number of ketones is 1. The van der Waals surface area contributed by atoms with E-state index in [2.05, 4.69) is 0 Å². The van der Waals surface area contributed by atoms with Crippen molar-refractivity contribution in [3.8, 4) is 0 Å². The van der Waals surface area contributed by atoms with Crippen LogP contribution in [0, 0.1) is 5.41 Å². The van der Waals surface area contributed by atoms with Crippen LogP contribution in [0.15, 0.2) is 30.3 Å². The van der Waals surface area contributed by atoms with Crippen molar-refractivity contribution < 1.29 is 19.1 Å². The van der Waals surface area contributed by atoms with E-state index in [9.17, 15) is 9.59 Å². The second-order valence-corrected chi connectivity index (χ2v) is 4.74. The SMILES string of the molecule is CCOC(=O)C(C)(C)C(=O)C(OC)c1ccccc1. The molecule has 1 aromatic carbocycles. The molecule has 0 fully saturated rings. The molecule has 0 saturated carbocycles. The van der Waals surface area contributed by atoms with Crippen LogP contribution in [0.5, 0.6) is 0 Å². The van der Waals surface area contributed by atoms with Crippen LogP contribution < -0.4 is 0 Å². The van der Waals surface area contributed by atoms with Gasteiger partial charge >= 0.3 is 5.97 Å². The van der Waals surface area contributed by atoms with Gasteiger partial charge in [0, 0.05) is 7.11 Å². The molecule has 1 unspecified atom stereocenters. The zero-order valence-corrected chi connectivity index (χ0v) is 11.8. The number of esters is 1. The monoisotopic (exact) mass is 264 g/mol. The van der Waals surface area contributed by atoms with Gasteiger partial charge in [0.25, 0.3) is 0 Å². The number of Topliss-reactive ketones (excluding diaryl/α,β-unsaturated/α-hetero) is 1. The molecule has 1 aromatic rings. The molecular weight excluding hydrogens is 244 g/mol. The molecule has 0 aliphatic carbocycles. The topological polar surface area (TPSA) is 52.6 Å². The van der Waals surface area contributed by atoms with Crippen LogP contribution in [-0.4, -0.2) is 25.5 Å². The lowest BCUT2D eigenvalue weighted by molar-refractivity contribution is -0.161. The van der Waals surface area contributed by atoms with Crippen molar-refractivity contribution in [2.75, 3.05) is 13.7 Å². The van der Waals surface area contributed by atoms with Crippen LogP contribution in [0.1, 0.15) is 32.4 Å². The van der Waals surface area contributed by atoms with Crippen molar-refractivity contribution in [1.82, 2.24) is 0 Å². The zero-order chi connectivity index (χ0) is 14.5. The highest BCUT2D eigenvalue weighted by atomic mass is 16.5. The van der Waals surface area contributed by atoms with Crippen molar-refractivity contribution in [2.24, 2.45) is 5.41 Å². The number of carbonyl (C=O) groups is 2. The van der Waals surface area contributed by atoms with Gasteiger partial charge in [-0.1, -0.05) is 30.3 Å². The minimum Gasteiger partial charge on any atom is -0.465 e. The van der Waals surface area contributed by atoms with E-state index in [1.54, 1.807) is 32.9 Å². The molecule has 0 aromatic heterocycles. The molecule has 0 aliphatic rings. The van der Waals surface area contributed by atoms with E-state index < -0.39 is 17.5 Å². The van der Waals surface area contributed by atoms with Crippen LogP contribution in [-0.2, 0) is 19.1 Å². The largest absolute Gasteiger partial charge is 0.465 e. The van der Waals surface area contributed by atoms with Crippen molar-refractivity contribution in [3.63, 3.8) is 0 Å². The molecule has 19 heavy (non-hydrogen) atoms. The second-order valence-electron chi connectivity index (χ2n) is 4.74. The van der Waals surface area contributed by atoms with Crippen LogP contribution in [0.4, 0.5) is 0 Å². The van der Waals surface area contributed by atoms with Crippen LogP contribution in [0.3, 0.4) is 0 Å². The lowest BCUT2D eigenvalue weighted by Crippen LogP contribution is -2.39.